The summed E-state index contributed by atoms with van der Waals surface area (Å²) in [5.74, 6) is 0.218. The SMILES string of the molecule is O=C(c1cccc(F)c1)N(CCCO)Cc1cc2cc3c(cc2[nH]c1=O)OCO3. The molecular formula is C21H19FN2O5. The summed E-state index contributed by atoms with van der Waals surface area (Å²) in [6, 6.07) is 10.5. The van der Waals surface area contributed by atoms with Crippen molar-refractivity contribution < 1.29 is 23.8 Å². The molecule has 0 unspecified atom stereocenters. The number of aliphatic hydroxyl groups is 1. The van der Waals surface area contributed by atoms with E-state index in [1.165, 1.54) is 23.1 Å². The Morgan fingerprint density at radius 3 is 2.72 bits per heavy atom. The van der Waals surface area contributed by atoms with Gasteiger partial charge >= 0.3 is 0 Å². The van der Waals surface area contributed by atoms with E-state index in [9.17, 15) is 19.1 Å². The summed E-state index contributed by atoms with van der Waals surface area (Å²) in [7, 11) is 0. The summed E-state index contributed by atoms with van der Waals surface area (Å²) < 4.78 is 24.2. The number of rotatable bonds is 6. The largest absolute Gasteiger partial charge is 0.454 e. The minimum Gasteiger partial charge on any atom is -0.454 e. The van der Waals surface area contributed by atoms with Gasteiger partial charge in [-0.1, -0.05) is 6.07 Å². The van der Waals surface area contributed by atoms with Crippen LogP contribution in [0.2, 0.25) is 0 Å². The number of benzene rings is 2. The van der Waals surface area contributed by atoms with E-state index in [-0.39, 0.29) is 37.6 Å². The van der Waals surface area contributed by atoms with Gasteiger partial charge in [0.25, 0.3) is 11.5 Å². The molecule has 29 heavy (non-hydrogen) atoms. The van der Waals surface area contributed by atoms with Gasteiger partial charge in [-0.05, 0) is 36.8 Å². The zero-order chi connectivity index (χ0) is 20.4. The number of amides is 1. The number of fused-ring (bicyclic) bond motifs is 2. The highest BCUT2D eigenvalue weighted by Gasteiger charge is 2.20. The lowest BCUT2D eigenvalue weighted by Gasteiger charge is -2.22. The van der Waals surface area contributed by atoms with E-state index in [1.807, 2.05) is 0 Å². The summed E-state index contributed by atoms with van der Waals surface area (Å²) in [6.07, 6.45) is 0.339. The maximum Gasteiger partial charge on any atom is 0.254 e. The van der Waals surface area contributed by atoms with E-state index >= 15 is 0 Å². The molecule has 0 spiro atoms. The molecule has 3 aromatic rings. The number of aromatic amines is 1. The lowest BCUT2D eigenvalue weighted by molar-refractivity contribution is 0.0731. The third kappa shape index (κ3) is 3.93. The van der Waals surface area contributed by atoms with Crippen molar-refractivity contribution in [3.63, 3.8) is 0 Å². The van der Waals surface area contributed by atoms with Crippen LogP contribution in [-0.2, 0) is 6.54 Å². The number of hydrogen-bond acceptors (Lipinski definition) is 5. The van der Waals surface area contributed by atoms with Gasteiger partial charge in [-0.3, -0.25) is 9.59 Å². The first-order valence-electron chi connectivity index (χ1n) is 9.16. The zero-order valence-corrected chi connectivity index (χ0v) is 15.5. The topological polar surface area (TPSA) is 91.9 Å². The minimum atomic E-state index is -0.516. The first-order valence-corrected chi connectivity index (χ1v) is 9.16. The second kappa shape index (κ2) is 7.92. The minimum absolute atomic E-state index is 0.0229. The van der Waals surface area contributed by atoms with Gasteiger partial charge in [-0.15, -0.1) is 0 Å². The average Bonchev–Trinajstić information content (AvgIpc) is 3.16. The maximum absolute atomic E-state index is 13.5. The number of hydrogen-bond donors (Lipinski definition) is 2. The Morgan fingerprint density at radius 1 is 1.17 bits per heavy atom. The lowest BCUT2D eigenvalue weighted by atomic mass is 10.1. The number of aromatic nitrogens is 1. The fourth-order valence-electron chi connectivity index (χ4n) is 3.28. The quantitative estimate of drug-likeness (QED) is 0.665. The van der Waals surface area contributed by atoms with Crippen LogP contribution in [0.15, 0.2) is 47.3 Å². The van der Waals surface area contributed by atoms with Gasteiger partial charge in [-0.25, -0.2) is 4.39 Å². The summed E-state index contributed by atoms with van der Waals surface area (Å²) in [5.41, 5.74) is 0.821. The third-order valence-electron chi connectivity index (χ3n) is 4.72. The number of aliphatic hydroxyl groups excluding tert-OH is 1. The number of carbonyl (C=O) groups is 1. The van der Waals surface area contributed by atoms with Gasteiger partial charge in [0.2, 0.25) is 6.79 Å². The Kier molecular flexibility index (Phi) is 5.18. The summed E-state index contributed by atoms with van der Waals surface area (Å²) in [6.45, 7) is 0.268. The number of carbonyl (C=O) groups excluding carboxylic acids is 1. The first kappa shape index (κ1) is 18.9. The van der Waals surface area contributed by atoms with Crippen molar-refractivity contribution in [2.75, 3.05) is 19.9 Å². The van der Waals surface area contributed by atoms with Crippen molar-refractivity contribution in [2.45, 2.75) is 13.0 Å². The standard InChI is InChI=1S/C21H19FN2O5/c22-16-4-1-3-13(8-16)21(27)24(5-2-6-25)11-15-7-14-9-18-19(29-12-28-18)10-17(14)23-20(15)26/h1,3-4,7-10,25H,2,5-6,11-12H2,(H,23,26). The van der Waals surface area contributed by atoms with Crippen molar-refractivity contribution in [2.24, 2.45) is 0 Å². The molecule has 2 aromatic carbocycles. The Labute approximate surface area is 165 Å². The van der Waals surface area contributed by atoms with Crippen LogP contribution in [0.4, 0.5) is 4.39 Å². The molecule has 8 heteroatoms. The van der Waals surface area contributed by atoms with Crippen molar-refractivity contribution in [1.82, 2.24) is 9.88 Å². The molecule has 0 radical (unpaired) electrons. The maximum atomic E-state index is 13.5. The number of H-pyrrole nitrogens is 1. The van der Waals surface area contributed by atoms with Gasteiger partial charge in [0, 0.05) is 35.7 Å². The molecule has 0 fully saturated rings. The molecular weight excluding hydrogens is 379 g/mol. The second-order valence-corrected chi connectivity index (χ2v) is 6.73. The monoisotopic (exact) mass is 398 g/mol. The molecule has 2 heterocycles. The molecule has 0 bridgehead atoms. The highest BCUT2D eigenvalue weighted by molar-refractivity contribution is 5.94. The van der Waals surface area contributed by atoms with Crippen LogP contribution in [0.25, 0.3) is 10.9 Å². The molecule has 0 saturated heterocycles. The van der Waals surface area contributed by atoms with Crippen molar-refractivity contribution in [3.05, 3.63) is 69.8 Å². The molecule has 1 aliphatic rings. The van der Waals surface area contributed by atoms with Crippen LogP contribution in [0.1, 0.15) is 22.3 Å². The van der Waals surface area contributed by atoms with Crippen LogP contribution in [0, 0.1) is 5.82 Å². The number of pyridine rings is 1. The lowest BCUT2D eigenvalue weighted by Crippen LogP contribution is -2.34. The Bertz CT molecular complexity index is 1130. The zero-order valence-electron chi connectivity index (χ0n) is 15.5. The highest BCUT2D eigenvalue weighted by Crippen LogP contribution is 2.35. The molecule has 0 saturated carbocycles. The first-order chi connectivity index (χ1) is 14.0. The normalized spacial score (nSPS) is 12.3. The third-order valence-corrected chi connectivity index (χ3v) is 4.72. The summed E-state index contributed by atoms with van der Waals surface area (Å²) >= 11 is 0. The Hall–Kier alpha value is -3.39. The van der Waals surface area contributed by atoms with Crippen LogP contribution in [-0.4, -0.2) is 40.8 Å². The molecule has 0 aliphatic carbocycles. The fraction of sp³-hybridized carbons (Fsp3) is 0.238. The van der Waals surface area contributed by atoms with Gasteiger partial charge in [0.15, 0.2) is 11.5 Å². The molecule has 1 aromatic heterocycles. The number of nitrogens with one attached hydrogen (secondary N) is 1. The molecule has 1 amide bonds. The smallest absolute Gasteiger partial charge is 0.254 e. The van der Waals surface area contributed by atoms with Crippen molar-refractivity contribution >= 4 is 16.8 Å². The van der Waals surface area contributed by atoms with E-state index in [0.717, 1.165) is 11.5 Å². The van der Waals surface area contributed by atoms with Crippen LogP contribution in [0.5, 0.6) is 11.5 Å². The Balaban J connectivity index is 1.67. The van der Waals surface area contributed by atoms with E-state index in [2.05, 4.69) is 4.98 Å². The van der Waals surface area contributed by atoms with Gasteiger partial charge < -0.3 is 24.5 Å². The number of halogens is 1. The second-order valence-electron chi connectivity index (χ2n) is 6.73. The molecule has 7 nitrogen and oxygen atoms in total. The molecule has 4 rings (SSSR count). The van der Waals surface area contributed by atoms with Gasteiger partial charge in [-0.2, -0.15) is 0 Å². The van der Waals surface area contributed by atoms with E-state index < -0.39 is 11.7 Å². The predicted octanol–water partition coefficient (Wildman–Crippen LogP) is 2.42. The van der Waals surface area contributed by atoms with Crippen LogP contribution < -0.4 is 15.0 Å². The summed E-state index contributed by atoms with van der Waals surface area (Å²) in [4.78, 5) is 29.7. The highest BCUT2D eigenvalue weighted by atomic mass is 19.1. The van der Waals surface area contributed by atoms with Crippen LogP contribution in [0.3, 0.4) is 0 Å². The average molecular weight is 398 g/mol. The van der Waals surface area contributed by atoms with Crippen molar-refractivity contribution in [3.8, 4) is 11.5 Å². The molecule has 2 N–H and O–H groups in total. The van der Waals surface area contributed by atoms with Crippen LogP contribution >= 0.6 is 0 Å². The van der Waals surface area contributed by atoms with E-state index in [1.54, 1.807) is 18.2 Å². The number of ether oxygens (including phenoxy) is 2. The van der Waals surface area contributed by atoms with E-state index in [4.69, 9.17) is 9.47 Å². The predicted molar refractivity (Wildman–Crippen MR) is 104 cm³/mol. The fourth-order valence-corrected chi connectivity index (χ4v) is 3.28. The number of nitrogens with zero attached hydrogens (tertiary/aromatic N) is 1. The van der Waals surface area contributed by atoms with E-state index in [0.29, 0.717) is 29.0 Å². The molecule has 0 atom stereocenters. The molecule has 1 aliphatic heterocycles. The Morgan fingerprint density at radius 2 is 1.97 bits per heavy atom. The van der Waals surface area contributed by atoms with Gasteiger partial charge in [0.1, 0.15) is 5.82 Å². The summed E-state index contributed by atoms with van der Waals surface area (Å²) in [5, 5.41) is 9.91. The van der Waals surface area contributed by atoms with Gasteiger partial charge in [0.05, 0.1) is 12.1 Å². The molecule has 150 valence electrons. The van der Waals surface area contributed by atoms with Crippen molar-refractivity contribution in [1.29, 1.82) is 0 Å².